The highest BCUT2D eigenvalue weighted by Gasteiger charge is 2.23. The second kappa shape index (κ2) is 7.28. The molecule has 1 aromatic rings. The zero-order valence-corrected chi connectivity index (χ0v) is 11.9. The molecule has 0 saturated carbocycles. The largest absolute Gasteiger partial charge is 0.477 e. The summed E-state index contributed by atoms with van der Waals surface area (Å²) in [5, 5.41) is 3.23. The third-order valence-electron chi connectivity index (χ3n) is 3.54. The number of hydrogen-bond donors (Lipinski definition) is 1. The van der Waals surface area contributed by atoms with Gasteiger partial charge in [0.1, 0.15) is 0 Å². The van der Waals surface area contributed by atoms with Crippen molar-refractivity contribution in [2.24, 2.45) is 0 Å². The van der Waals surface area contributed by atoms with E-state index in [0.717, 1.165) is 25.3 Å². The van der Waals surface area contributed by atoms with E-state index in [1.165, 1.54) is 19.3 Å². The van der Waals surface area contributed by atoms with Gasteiger partial charge in [-0.15, -0.1) is 0 Å². The first-order chi connectivity index (χ1) is 9.35. The Balaban J connectivity index is 2.09. The van der Waals surface area contributed by atoms with Gasteiger partial charge in [0.15, 0.2) is 5.82 Å². The van der Waals surface area contributed by atoms with Crippen molar-refractivity contribution in [1.82, 2.24) is 15.3 Å². The van der Waals surface area contributed by atoms with Gasteiger partial charge >= 0.3 is 0 Å². The van der Waals surface area contributed by atoms with Gasteiger partial charge in [-0.05, 0) is 46.2 Å². The smallest absolute Gasteiger partial charge is 0.234 e. The Morgan fingerprint density at radius 1 is 1.42 bits per heavy atom. The van der Waals surface area contributed by atoms with Crippen molar-refractivity contribution >= 4 is 5.82 Å². The van der Waals surface area contributed by atoms with Crippen LogP contribution in [0.3, 0.4) is 0 Å². The summed E-state index contributed by atoms with van der Waals surface area (Å²) in [6.45, 7) is 4.70. The SMILES string of the molecule is CCOc1cncc(N2CCCCC2CCNC)n1. The molecule has 106 valence electrons. The molecule has 1 atom stereocenters. The fourth-order valence-corrected chi connectivity index (χ4v) is 2.61. The second-order valence-corrected chi connectivity index (χ2v) is 4.88. The molecular formula is C14H24N4O. The van der Waals surface area contributed by atoms with Crippen molar-refractivity contribution in [3.8, 4) is 5.88 Å². The van der Waals surface area contributed by atoms with Crippen molar-refractivity contribution in [3.05, 3.63) is 12.4 Å². The first kappa shape index (κ1) is 14.1. The lowest BCUT2D eigenvalue weighted by Gasteiger charge is -2.36. The van der Waals surface area contributed by atoms with Gasteiger partial charge in [-0.3, -0.25) is 4.98 Å². The van der Waals surface area contributed by atoms with Crippen LogP contribution in [0.2, 0.25) is 0 Å². The Morgan fingerprint density at radius 3 is 3.11 bits per heavy atom. The molecule has 1 aliphatic heterocycles. The van der Waals surface area contributed by atoms with Crippen molar-refractivity contribution in [2.75, 3.05) is 31.6 Å². The molecule has 1 saturated heterocycles. The lowest BCUT2D eigenvalue weighted by Crippen LogP contribution is -2.41. The number of nitrogens with one attached hydrogen (secondary N) is 1. The molecule has 5 nitrogen and oxygen atoms in total. The number of piperidine rings is 1. The molecular weight excluding hydrogens is 240 g/mol. The lowest BCUT2D eigenvalue weighted by molar-refractivity contribution is 0.324. The molecule has 1 unspecified atom stereocenters. The van der Waals surface area contributed by atoms with E-state index in [1.54, 1.807) is 6.20 Å². The zero-order valence-electron chi connectivity index (χ0n) is 11.9. The maximum atomic E-state index is 5.44. The lowest BCUT2D eigenvalue weighted by atomic mass is 9.99. The third kappa shape index (κ3) is 3.80. The van der Waals surface area contributed by atoms with Gasteiger partial charge in [0.05, 0.1) is 19.0 Å². The quantitative estimate of drug-likeness (QED) is 0.849. The van der Waals surface area contributed by atoms with Gasteiger partial charge in [0.2, 0.25) is 5.88 Å². The van der Waals surface area contributed by atoms with Crippen molar-refractivity contribution in [2.45, 2.75) is 38.6 Å². The van der Waals surface area contributed by atoms with Gasteiger partial charge in [-0.2, -0.15) is 4.98 Å². The van der Waals surface area contributed by atoms with Crippen LogP contribution < -0.4 is 15.0 Å². The van der Waals surface area contributed by atoms with E-state index in [-0.39, 0.29) is 0 Å². The highest BCUT2D eigenvalue weighted by atomic mass is 16.5. The van der Waals surface area contributed by atoms with Gasteiger partial charge in [0, 0.05) is 12.6 Å². The Kier molecular flexibility index (Phi) is 5.39. The number of anilines is 1. The summed E-state index contributed by atoms with van der Waals surface area (Å²) in [6, 6.07) is 0.562. The number of rotatable bonds is 6. The average Bonchev–Trinajstić information content (AvgIpc) is 2.46. The standard InChI is InChI=1S/C14H24N4O/c1-3-19-14-11-16-10-13(17-14)18-9-5-4-6-12(18)7-8-15-2/h10-12,15H,3-9H2,1-2H3. The van der Waals surface area contributed by atoms with E-state index in [9.17, 15) is 0 Å². The molecule has 2 heterocycles. The van der Waals surface area contributed by atoms with Crippen LogP contribution in [0.25, 0.3) is 0 Å². The molecule has 1 N–H and O–H groups in total. The van der Waals surface area contributed by atoms with Crippen LogP contribution in [0, 0.1) is 0 Å². The predicted octanol–water partition coefficient (Wildman–Crippen LogP) is 1.84. The highest BCUT2D eigenvalue weighted by molar-refractivity contribution is 5.39. The van der Waals surface area contributed by atoms with E-state index in [1.807, 2.05) is 20.2 Å². The van der Waals surface area contributed by atoms with Gasteiger partial charge in [0.25, 0.3) is 0 Å². The minimum absolute atomic E-state index is 0.562. The summed E-state index contributed by atoms with van der Waals surface area (Å²) >= 11 is 0. The van der Waals surface area contributed by atoms with E-state index in [2.05, 4.69) is 20.2 Å². The first-order valence-corrected chi connectivity index (χ1v) is 7.21. The maximum absolute atomic E-state index is 5.44. The maximum Gasteiger partial charge on any atom is 0.234 e. The van der Waals surface area contributed by atoms with Crippen molar-refractivity contribution < 1.29 is 4.74 Å². The Hall–Kier alpha value is -1.36. The van der Waals surface area contributed by atoms with Crippen LogP contribution in [0.15, 0.2) is 12.4 Å². The number of ether oxygens (including phenoxy) is 1. The average molecular weight is 264 g/mol. The minimum atomic E-state index is 0.562. The van der Waals surface area contributed by atoms with E-state index >= 15 is 0 Å². The fraction of sp³-hybridized carbons (Fsp3) is 0.714. The number of nitrogens with zero attached hydrogens (tertiary/aromatic N) is 3. The van der Waals surface area contributed by atoms with Crippen LogP contribution >= 0.6 is 0 Å². The van der Waals surface area contributed by atoms with Crippen molar-refractivity contribution in [1.29, 1.82) is 0 Å². The van der Waals surface area contributed by atoms with E-state index < -0.39 is 0 Å². The third-order valence-corrected chi connectivity index (χ3v) is 3.54. The zero-order chi connectivity index (χ0) is 13.5. The molecule has 0 aromatic carbocycles. The molecule has 0 radical (unpaired) electrons. The highest BCUT2D eigenvalue weighted by Crippen LogP contribution is 2.25. The molecule has 1 fully saturated rings. The fourth-order valence-electron chi connectivity index (χ4n) is 2.61. The Labute approximate surface area is 115 Å². The summed E-state index contributed by atoms with van der Waals surface area (Å²) in [4.78, 5) is 11.2. The predicted molar refractivity (Wildman–Crippen MR) is 76.7 cm³/mol. The van der Waals surface area contributed by atoms with Crippen LogP contribution in [-0.2, 0) is 0 Å². The van der Waals surface area contributed by atoms with Crippen LogP contribution in [0.5, 0.6) is 5.88 Å². The van der Waals surface area contributed by atoms with Crippen molar-refractivity contribution in [3.63, 3.8) is 0 Å². The summed E-state index contributed by atoms with van der Waals surface area (Å²) in [5.41, 5.74) is 0. The van der Waals surface area contributed by atoms with Gasteiger partial charge in [-0.25, -0.2) is 0 Å². The molecule has 1 aliphatic rings. The normalized spacial score (nSPS) is 19.5. The minimum Gasteiger partial charge on any atom is -0.477 e. The molecule has 0 aliphatic carbocycles. The monoisotopic (exact) mass is 264 g/mol. The molecule has 5 heteroatoms. The van der Waals surface area contributed by atoms with Gasteiger partial charge in [-0.1, -0.05) is 0 Å². The van der Waals surface area contributed by atoms with Crippen LogP contribution in [-0.4, -0.2) is 42.8 Å². The molecule has 0 bridgehead atoms. The second-order valence-electron chi connectivity index (χ2n) is 4.88. The number of hydrogen-bond acceptors (Lipinski definition) is 5. The number of aromatic nitrogens is 2. The van der Waals surface area contributed by atoms with Gasteiger partial charge < -0.3 is 15.0 Å². The topological polar surface area (TPSA) is 50.3 Å². The molecule has 0 spiro atoms. The van der Waals surface area contributed by atoms with Crippen LogP contribution in [0.4, 0.5) is 5.82 Å². The Bertz CT molecular complexity index is 385. The van der Waals surface area contributed by atoms with E-state index in [0.29, 0.717) is 18.5 Å². The molecule has 19 heavy (non-hydrogen) atoms. The summed E-state index contributed by atoms with van der Waals surface area (Å²) in [5.74, 6) is 1.57. The summed E-state index contributed by atoms with van der Waals surface area (Å²) < 4.78 is 5.44. The molecule has 1 aromatic heterocycles. The van der Waals surface area contributed by atoms with Crippen LogP contribution in [0.1, 0.15) is 32.6 Å². The summed E-state index contributed by atoms with van der Waals surface area (Å²) in [7, 11) is 2.00. The Morgan fingerprint density at radius 2 is 2.32 bits per heavy atom. The summed E-state index contributed by atoms with van der Waals surface area (Å²) in [6.07, 6.45) is 8.46. The van der Waals surface area contributed by atoms with E-state index in [4.69, 9.17) is 4.74 Å². The molecule has 2 rings (SSSR count). The first-order valence-electron chi connectivity index (χ1n) is 7.21. The molecule has 0 amide bonds.